The van der Waals surface area contributed by atoms with Gasteiger partial charge < -0.3 is 20.5 Å². The first kappa shape index (κ1) is 16.6. The first-order valence-corrected chi connectivity index (χ1v) is 7.78. The van der Waals surface area contributed by atoms with Crippen molar-refractivity contribution >= 4 is 5.91 Å². The standard InChI is InChI=1S/C17H26N2O3/c1-5-11(2)15(18)16(20)19-9-17(3,4)12-6-7-13-14(8-12)22-10-21-13/h6-8,11,15H,5,9-10,18H2,1-4H3,(H,19,20). The molecule has 1 heterocycles. The molecule has 2 unspecified atom stereocenters. The highest BCUT2D eigenvalue weighted by atomic mass is 16.7. The molecule has 1 aromatic rings. The highest BCUT2D eigenvalue weighted by Crippen LogP contribution is 2.36. The molecule has 1 aliphatic rings. The van der Waals surface area contributed by atoms with Crippen molar-refractivity contribution in [1.82, 2.24) is 5.32 Å². The lowest BCUT2D eigenvalue weighted by Crippen LogP contribution is -2.47. The van der Waals surface area contributed by atoms with E-state index in [0.29, 0.717) is 6.54 Å². The number of nitrogens with one attached hydrogen (secondary N) is 1. The molecule has 0 saturated carbocycles. The van der Waals surface area contributed by atoms with Gasteiger partial charge in [0, 0.05) is 12.0 Å². The van der Waals surface area contributed by atoms with Crippen molar-refractivity contribution in [2.45, 2.75) is 45.6 Å². The summed E-state index contributed by atoms with van der Waals surface area (Å²) >= 11 is 0. The summed E-state index contributed by atoms with van der Waals surface area (Å²) in [6.45, 7) is 8.98. The van der Waals surface area contributed by atoms with E-state index in [1.807, 2.05) is 32.0 Å². The molecule has 5 nitrogen and oxygen atoms in total. The van der Waals surface area contributed by atoms with Crippen molar-refractivity contribution in [3.63, 3.8) is 0 Å². The molecule has 1 amide bonds. The van der Waals surface area contributed by atoms with Gasteiger partial charge in [0.15, 0.2) is 11.5 Å². The Bertz CT molecular complexity index is 543. The van der Waals surface area contributed by atoms with Crippen molar-refractivity contribution in [1.29, 1.82) is 0 Å². The predicted molar refractivity (Wildman–Crippen MR) is 86.0 cm³/mol. The lowest BCUT2D eigenvalue weighted by molar-refractivity contribution is -0.123. The van der Waals surface area contributed by atoms with Crippen LogP contribution in [0.4, 0.5) is 0 Å². The summed E-state index contributed by atoms with van der Waals surface area (Å²) in [4.78, 5) is 12.1. The van der Waals surface area contributed by atoms with Crippen LogP contribution in [0.15, 0.2) is 18.2 Å². The fourth-order valence-electron chi connectivity index (χ4n) is 2.36. The number of fused-ring (bicyclic) bond motifs is 1. The van der Waals surface area contributed by atoms with E-state index in [1.165, 1.54) is 0 Å². The van der Waals surface area contributed by atoms with E-state index < -0.39 is 6.04 Å². The summed E-state index contributed by atoms with van der Waals surface area (Å²) in [5.41, 5.74) is 6.84. The van der Waals surface area contributed by atoms with E-state index in [0.717, 1.165) is 23.5 Å². The van der Waals surface area contributed by atoms with Gasteiger partial charge in [0.1, 0.15) is 0 Å². The number of benzene rings is 1. The summed E-state index contributed by atoms with van der Waals surface area (Å²) in [6, 6.07) is 5.43. The second-order valence-electron chi connectivity index (χ2n) is 6.58. The van der Waals surface area contributed by atoms with Crippen LogP contribution < -0.4 is 20.5 Å². The van der Waals surface area contributed by atoms with Gasteiger partial charge in [-0.25, -0.2) is 0 Å². The molecule has 0 fully saturated rings. The van der Waals surface area contributed by atoms with Crippen LogP contribution in [0.25, 0.3) is 0 Å². The molecule has 2 rings (SSSR count). The summed E-state index contributed by atoms with van der Waals surface area (Å²) in [7, 11) is 0. The molecule has 22 heavy (non-hydrogen) atoms. The zero-order valence-corrected chi connectivity index (χ0v) is 13.8. The monoisotopic (exact) mass is 306 g/mol. The zero-order valence-electron chi connectivity index (χ0n) is 13.8. The molecular formula is C17H26N2O3. The number of nitrogens with two attached hydrogens (primary N) is 1. The highest BCUT2D eigenvalue weighted by Gasteiger charge is 2.26. The molecule has 2 atom stereocenters. The van der Waals surface area contributed by atoms with Crippen LogP contribution >= 0.6 is 0 Å². The minimum atomic E-state index is -0.461. The quantitative estimate of drug-likeness (QED) is 0.845. The van der Waals surface area contributed by atoms with E-state index in [1.54, 1.807) is 0 Å². The van der Waals surface area contributed by atoms with E-state index in [4.69, 9.17) is 15.2 Å². The molecule has 1 aliphatic heterocycles. The first-order valence-electron chi connectivity index (χ1n) is 7.78. The van der Waals surface area contributed by atoms with Gasteiger partial charge in [0.2, 0.25) is 12.7 Å². The van der Waals surface area contributed by atoms with Gasteiger partial charge in [-0.1, -0.05) is 40.2 Å². The second kappa shape index (κ2) is 6.57. The lowest BCUT2D eigenvalue weighted by Gasteiger charge is -2.27. The predicted octanol–water partition coefficient (Wildman–Crippen LogP) is 2.18. The fraction of sp³-hybridized carbons (Fsp3) is 0.588. The average Bonchev–Trinajstić information content (AvgIpc) is 2.98. The van der Waals surface area contributed by atoms with Gasteiger partial charge in [-0.3, -0.25) is 4.79 Å². The van der Waals surface area contributed by atoms with Crippen molar-refractivity contribution in [2.75, 3.05) is 13.3 Å². The van der Waals surface area contributed by atoms with Gasteiger partial charge in [-0.15, -0.1) is 0 Å². The fourth-order valence-corrected chi connectivity index (χ4v) is 2.36. The van der Waals surface area contributed by atoms with E-state index in [9.17, 15) is 4.79 Å². The van der Waals surface area contributed by atoms with Crippen LogP contribution in [0.1, 0.15) is 39.7 Å². The molecule has 5 heteroatoms. The summed E-state index contributed by atoms with van der Waals surface area (Å²) in [5.74, 6) is 1.60. The maximum atomic E-state index is 12.1. The number of ether oxygens (including phenoxy) is 2. The molecule has 0 saturated heterocycles. The molecule has 0 bridgehead atoms. The van der Waals surface area contributed by atoms with Gasteiger partial charge in [-0.05, 0) is 23.6 Å². The normalized spacial score (nSPS) is 16.2. The second-order valence-corrected chi connectivity index (χ2v) is 6.58. The molecule has 122 valence electrons. The first-order chi connectivity index (χ1) is 10.3. The molecule has 3 N–H and O–H groups in total. The Morgan fingerprint density at radius 2 is 2.05 bits per heavy atom. The van der Waals surface area contributed by atoms with Crippen LogP contribution in [0.3, 0.4) is 0 Å². The maximum absolute atomic E-state index is 12.1. The third-order valence-electron chi connectivity index (χ3n) is 4.42. The topological polar surface area (TPSA) is 73.6 Å². The number of hydrogen-bond acceptors (Lipinski definition) is 4. The third-order valence-corrected chi connectivity index (χ3v) is 4.42. The minimum absolute atomic E-state index is 0.0943. The Labute approximate surface area is 132 Å². The lowest BCUT2D eigenvalue weighted by atomic mass is 9.84. The van der Waals surface area contributed by atoms with Crippen molar-refractivity contribution in [2.24, 2.45) is 11.7 Å². The number of amides is 1. The Morgan fingerprint density at radius 1 is 1.36 bits per heavy atom. The number of rotatable bonds is 6. The number of carbonyl (C=O) groups excluding carboxylic acids is 1. The average molecular weight is 306 g/mol. The summed E-state index contributed by atoms with van der Waals surface area (Å²) in [6.07, 6.45) is 0.889. The smallest absolute Gasteiger partial charge is 0.237 e. The summed E-state index contributed by atoms with van der Waals surface area (Å²) < 4.78 is 10.7. The van der Waals surface area contributed by atoms with Gasteiger partial charge in [0.25, 0.3) is 0 Å². The van der Waals surface area contributed by atoms with E-state index >= 15 is 0 Å². The van der Waals surface area contributed by atoms with Crippen molar-refractivity contribution in [3.05, 3.63) is 23.8 Å². The Balaban J connectivity index is 2.00. The Hall–Kier alpha value is -1.75. The number of hydrogen-bond donors (Lipinski definition) is 2. The maximum Gasteiger partial charge on any atom is 0.237 e. The van der Waals surface area contributed by atoms with Crippen LogP contribution in [0.2, 0.25) is 0 Å². The van der Waals surface area contributed by atoms with Gasteiger partial charge in [-0.2, -0.15) is 0 Å². The van der Waals surface area contributed by atoms with Gasteiger partial charge in [0.05, 0.1) is 6.04 Å². The van der Waals surface area contributed by atoms with E-state index in [-0.39, 0.29) is 24.0 Å². The van der Waals surface area contributed by atoms with Crippen molar-refractivity contribution < 1.29 is 14.3 Å². The Morgan fingerprint density at radius 3 is 2.73 bits per heavy atom. The molecule has 0 aromatic heterocycles. The highest BCUT2D eigenvalue weighted by molar-refractivity contribution is 5.81. The third kappa shape index (κ3) is 3.53. The molecule has 0 radical (unpaired) electrons. The summed E-state index contributed by atoms with van der Waals surface area (Å²) in [5, 5.41) is 2.97. The number of carbonyl (C=O) groups is 1. The van der Waals surface area contributed by atoms with Crippen LogP contribution in [0.5, 0.6) is 11.5 Å². The van der Waals surface area contributed by atoms with E-state index in [2.05, 4.69) is 19.2 Å². The minimum Gasteiger partial charge on any atom is -0.454 e. The van der Waals surface area contributed by atoms with Crippen molar-refractivity contribution in [3.8, 4) is 11.5 Å². The van der Waals surface area contributed by atoms with Crippen LogP contribution in [0, 0.1) is 5.92 Å². The molecule has 0 spiro atoms. The Kier molecular flexibility index (Phi) is 4.96. The molecular weight excluding hydrogens is 280 g/mol. The largest absolute Gasteiger partial charge is 0.454 e. The SMILES string of the molecule is CCC(C)C(N)C(=O)NCC(C)(C)c1ccc2c(c1)OCO2. The van der Waals surface area contributed by atoms with Gasteiger partial charge >= 0.3 is 0 Å². The molecule has 1 aromatic carbocycles. The van der Waals surface area contributed by atoms with Crippen LogP contribution in [-0.2, 0) is 10.2 Å². The zero-order chi connectivity index (χ0) is 16.3. The van der Waals surface area contributed by atoms with Crippen LogP contribution in [-0.4, -0.2) is 25.3 Å². The molecule has 0 aliphatic carbocycles.